The number of fused-ring (bicyclic) bond motifs is 3. The molecule has 0 fully saturated rings. The summed E-state index contributed by atoms with van der Waals surface area (Å²) in [4.78, 5) is 12.6. The van der Waals surface area contributed by atoms with Gasteiger partial charge < -0.3 is 15.4 Å². The predicted octanol–water partition coefficient (Wildman–Crippen LogP) is 1.74. The van der Waals surface area contributed by atoms with Gasteiger partial charge in [-0.3, -0.25) is 0 Å². The Labute approximate surface area is 181 Å². The lowest BCUT2D eigenvalue weighted by molar-refractivity contribution is 0.180. The monoisotopic (exact) mass is 445 g/mol. The van der Waals surface area contributed by atoms with Crippen molar-refractivity contribution in [3.8, 4) is 5.88 Å². The highest BCUT2D eigenvalue weighted by Crippen LogP contribution is 2.38. The Morgan fingerprint density at radius 1 is 1.19 bits per heavy atom. The fourth-order valence-electron chi connectivity index (χ4n) is 4.95. The molecule has 31 heavy (non-hydrogen) atoms. The van der Waals surface area contributed by atoms with Crippen LogP contribution in [0.25, 0.3) is 0 Å². The third-order valence-electron chi connectivity index (χ3n) is 6.30. The number of hydrogen-bond donors (Lipinski definition) is 3. The summed E-state index contributed by atoms with van der Waals surface area (Å²) < 4.78 is 35.2. The van der Waals surface area contributed by atoms with Crippen molar-refractivity contribution in [1.82, 2.24) is 19.8 Å². The topological polar surface area (TPSA) is 114 Å². The Hall–Kier alpha value is -2.59. The van der Waals surface area contributed by atoms with E-state index in [-0.39, 0.29) is 16.8 Å². The molecular formula is C21H27N5O4S. The molecule has 1 aromatic heterocycles. The molecule has 3 aliphatic rings. The Morgan fingerprint density at radius 2 is 1.90 bits per heavy atom. The van der Waals surface area contributed by atoms with E-state index in [2.05, 4.69) is 26.5 Å². The van der Waals surface area contributed by atoms with Crippen molar-refractivity contribution in [1.29, 1.82) is 0 Å². The Bertz CT molecular complexity index is 1110. The van der Waals surface area contributed by atoms with Gasteiger partial charge in [0.05, 0.1) is 18.8 Å². The number of rotatable bonds is 5. The quantitative estimate of drug-likeness (QED) is 0.646. The van der Waals surface area contributed by atoms with Crippen LogP contribution in [0.4, 0.5) is 10.5 Å². The fourth-order valence-corrected chi connectivity index (χ4v) is 5.94. The molecule has 0 radical (unpaired) electrons. The zero-order valence-corrected chi connectivity index (χ0v) is 18.3. The standard InChI is InChI=1S/C21H27N5O4S/c1-2-22-15-11-26-20(30-12-15)18(10-23-26)31(28,29)25-21(27)24-19-16-7-3-5-13(16)9-14-6-4-8-17(14)19/h9-10,15,22H,2-8,11-12H2,1H3,(H2,24,25,27)/t15-/m0/s1. The third-order valence-corrected chi connectivity index (χ3v) is 7.61. The molecule has 2 amide bonds. The summed E-state index contributed by atoms with van der Waals surface area (Å²) >= 11 is 0. The van der Waals surface area contributed by atoms with Crippen molar-refractivity contribution in [2.45, 2.75) is 62.9 Å². The highest BCUT2D eigenvalue weighted by molar-refractivity contribution is 7.90. The molecule has 166 valence electrons. The van der Waals surface area contributed by atoms with Crippen molar-refractivity contribution >= 4 is 21.7 Å². The number of hydrogen-bond acceptors (Lipinski definition) is 6. The first-order valence-electron chi connectivity index (χ1n) is 10.9. The number of benzene rings is 1. The number of urea groups is 1. The van der Waals surface area contributed by atoms with Gasteiger partial charge in [0.1, 0.15) is 6.61 Å². The molecular weight excluding hydrogens is 418 g/mol. The van der Waals surface area contributed by atoms with E-state index < -0.39 is 16.1 Å². The third kappa shape index (κ3) is 3.67. The molecule has 1 aliphatic heterocycles. The summed E-state index contributed by atoms with van der Waals surface area (Å²) in [6, 6.07) is 1.57. The zero-order valence-electron chi connectivity index (χ0n) is 17.5. The molecule has 10 heteroatoms. The van der Waals surface area contributed by atoms with Crippen LogP contribution in [0.2, 0.25) is 0 Å². The van der Waals surface area contributed by atoms with Crippen LogP contribution in [0.1, 0.15) is 42.0 Å². The van der Waals surface area contributed by atoms with Gasteiger partial charge >= 0.3 is 6.03 Å². The molecule has 5 rings (SSSR count). The second kappa shape index (κ2) is 7.83. The number of aryl methyl sites for hydroxylation is 2. The van der Waals surface area contributed by atoms with E-state index in [4.69, 9.17) is 4.74 Å². The minimum Gasteiger partial charge on any atom is -0.475 e. The number of carbonyl (C=O) groups excluding carboxylic acids is 1. The second-order valence-corrected chi connectivity index (χ2v) is 10.0. The molecule has 3 N–H and O–H groups in total. The fraction of sp³-hybridized carbons (Fsp3) is 0.524. The highest BCUT2D eigenvalue weighted by Gasteiger charge is 2.31. The smallest absolute Gasteiger partial charge is 0.333 e. The molecule has 1 atom stereocenters. The van der Waals surface area contributed by atoms with Gasteiger partial charge in [0.2, 0.25) is 5.88 Å². The van der Waals surface area contributed by atoms with Crippen LogP contribution in [0.3, 0.4) is 0 Å². The highest BCUT2D eigenvalue weighted by atomic mass is 32.2. The van der Waals surface area contributed by atoms with Gasteiger partial charge in [-0.05, 0) is 67.3 Å². The van der Waals surface area contributed by atoms with Crippen molar-refractivity contribution in [2.75, 3.05) is 18.5 Å². The van der Waals surface area contributed by atoms with Gasteiger partial charge in [-0.15, -0.1) is 0 Å². The average molecular weight is 446 g/mol. The second-order valence-electron chi connectivity index (χ2n) is 8.36. The number of nitrogens with zero attached hydrogens (tertiary/aromatic N) is 2. The SMILES string of the molecule is CCN[C@@H]1COc2c(S(=O)(=O)NC(=O)Nc3c4c(cc5c3CCC5)CCC4)cnn2C1. The van der Waals surface area contributed by atoms with Crippen LogP contribution in [0.5, 0.6) is 5.88 Å². The Kier molecular flexibility index (Phi) is 5.13. The molecule has 0 saturated carbocycles. The molecule has 0 bridgehead atoms. The zero-order chi connectivity index (χ0) is 21.6. The summed E-state index contributed by atoms with van der Waals surface area (Å²) in [5, 5.41) is 10.3. The summed E-state index contributed by atoms with van der Waals surface area (Å²) in [5.41, 5.74) is 5.64. The summed E-state index contributed by atoms with van der Waals surface area (Å²) in [5.74, 6) is 0.163. The normalized spacial score (nSPS) is 19.3. The largest absolute Gasteiger partial charge is 0.475 e. The molecule has 0 spiro atoms. The van der Waals surface area contributed by atoms with Crippen molar-refractivity contribution in [3.63, 3.8) is 0 Å². The van der Waals surface area contributed by atoms with Gasteiger partial charge in [0, 0.05) is 5.69 Å². The van der Waals surface area contributed by atoms with Gasteiger partial charge in [-0.25, -0.2) is 22.6 Å². The predicted molar refractivity (Wildman–Crippen MR) is 115 cm³/mol. The summed E-state index contributed by atoms with van der Waals surface area (Å²) in [7, 11) is -4.13. The van der Waals surface area contributed by atoms with Crippen LogP contribution >= 0.6 is 0 Å². The van der Waals surface area contributed by atoms with Crippen molar-refractivity contribution in [2.24, 2.45) is 0 Å². The number of aromatic nitrogens is 2. The van der Waals surface area contributed by atoms with E-state index in [9.17, 15) is 13.2 Å². The van der Waals surface area contributed by atoms with Crippen LogP contribution in [-0.2, 0) is 42.3 Å². The summed E-state index contributed by atoms with van der Waals surface area (Å²) in [6.07, 6.45) is 7.17. The molecule has 0 saturated heterocycles. The minimum absolute atomic E-state index is 0.0616. The van der Waals surface area contributed by atoms with E-state index >= 15 is 0 Å². The minimum atomic E-state index is -4.13. The Morgan fingerprint density at radius 3 is 2.58 bits per heavy atom. The number of nitrogens with one attached hydrogen (secondary N) is 3. The number of anilines is 1. The van der Waals surface area contributed by atoms with Crippen molar-refractivity contribution < 1.29 is 17.9 Å². The number of ether oxygens (including phenoxy) is 1. The molecule has 2 aromatic rings. The number of amides is 2. The van der Waals surface area contributed by atoms with E-state index in [1.807, 2.05) is 6.92 Å². The van der Waals surface area contributed by atoms with Gasteiger partial charge in [0.15, 0.2) is 4.90 Å². The molecule has 9 nitrogen and oxygen atoms in total. The summed E-state index contributed by atoms with van der Waals surface area (Å²) in [6.45, 7) is 3.63. The van der Waals surface area contributed by atoms with Crippen LogP contribution < -0.4 is 20.1 Å². The first-order valence-corrected chi connectivity index (χ1v) is 12.4. The van der Waals surface area contributed by atoms with Crippen molar-refractivity contribution in [3.05, 3.63) is 34.5 Å². The molecule has 1 aromatic carbocycles. The molecule has 2 aliphatic carbocycles. The maximum absolute atomic E-state index is 12.9. The van der Waals surface area contributed by atoms with Gasteiger partial charge in [0.25, 0.3) is 10.0 Å². The van der Waals surface area contributed by atoms with Crippen LogP contribution in [0.15, 0.2) is 17.2 Å². The van der Waals surface area contributed by atoms with E-state index in [1.54, 1.807) is 0 Å². The first kappa shape index (κ1) is 20.3. The van der Waals surface area contributed by atoms with Gasteiger partial charge in [-0.1, -0.05) is 13.0 Å². The number of sulfonamides is 1. The number of carbonyl (C=O) groups is 1. The van der Waals surface area contributed by atoms with E-state index in [1.165, 1.54) is 22.0 Å². The average Bonchev–Trinajstić information content (AvgIpc) is 3.46. The van der Waals surface area contributed by atoms with Crippen LogP contribution in [0, 0.1) is 0 Å². The maximum Gasteiger partial charge on any atom is 0.333 e. The van der Waals surface area contributed by atoms with E-state index in [0.29, 0.717) is 13.2 Å². The lowest BCUT2D eigenvalue weighted by Gasteiger charge is -2.25. The van der Waals surface area contributed by atoms with E-state index in [0.717, 1.165) is 61.9 Å². The lowest BCUT2D eigenvalue weighted by Crippen LogP contribution is -2.42. The first-order chi connectivity index (χ1) is 15.0. The maximum atomic E-state index is 12.9. The molecule has 0 unspecified atom stereocenters. The Balaban J connectivity index is 1.36. The van der Waals surface area contributed by atoms with Gasteiger partial charge in [-0.2, -0.15) is 5.10 Å². The van der Waals surface area contributed by atoms with Crippen LogP contribution in [-0.4, -0.2) is 43.4 Å². The molecule has 2 heterocycles. The lowest BCUT2D eigenvalue weighted by atomic mass is 9.99. The number of likely N-dealkylation sites (N-methyl/N-ethyl adjacent to an activating group) is 1.